The third-order valence-electron chi connectivity index (χ3n) is 7.05. The van der Waals surface area contributed by atoms with Gasteiger partial charge in [-0.2, -0.15) is 0 Å². The fourth-order valence-corrected chi connectivity index (χ4v) is 6.32. The Morgan fingerprint density at radius 2 is 1.39 bits per heavy atom. The van der Waals surface area contributed by atoms with E-state index in [9.17, 15) is 9.59 Å². The Morgan fingerprint density at radius 3 is 2.03 bits per heavy atom. The van der Waals surface area contributed by atoms with E-state index in [4.69, 9.17) is 16.3 Å². The van der Waals surface area contributed by atoms with E-state index in [1.165, 1.54) is 0 Å². The highest BCUT2D eigenvalue weighted by Crippen LogP contribution is 2.53. The number of imide groups is 1. The van der Waals surface area contributed by atoms with Gasteiger partial charge in [0.2, 0.25) is 0 Å². The highest BCUT2D eigenvalue weighted by atomic mass is 35.5. The number of rotatable bonds is 0. The normalized spacial score (nSPS) is 24.1. The van der Waals surface area contributed by atoms with Crippen molar-refractivity contribution in [2.24, 2.45) is 0 Å². The van der Waals surface area contributed by atoms with Gasteiger partial charge in [-0.1, -0.05) is 36.4 Å². The van der Waals surface area contributed by atoms with E-state index in [0.29, 0.717) is 17.5 Å². The summed E-state index contributed by atoms with van der Waals surface area (Å²) in [5.41, 5.74) is 4.70. The van der Waals surface area contributed by atoms with E-state index in [1.807, 2.05) is 48.5 Å². The molecule has 0 radical (unpaired) electrons. The second kappa shape index (κ2) is 5.10. The number of nitrogens with zero attached hydrogens (tertiary/aromatic N) is 2. The molecule has 8 rings (SSSR count). The van der Waals surface area contributed by atoms with Crippen LogP contribution >= 0.6 is 11.6 Å². The summed E-state index contributed by atoms with van der Waals surface area (Å²) in [4.78, 5) is 26.1. The van der Waals surface area contributed by atoms with Crippen LogP contribution in [0, 0.1) is 0 Å². The lowest BCUT2D eigenvalue weighted by atomic mass is 9.96. The average Bonchev–Trinajstić information content (AvgIpc) is 3.45. The van der Waals surface area contributed by atoms with Gasteiger partial charge in [-0.25, -0.2) is 0 Å². The highest BCUT2D eigenvalue weighted by Gasteiger charge is 2.45. The van der Waals surface area contributed by atoms with Gasteiger partial charge in [0.05, 0.1) is 38.6 Å². The third-order valence-corrected chi connectivity index (χ3v) is 7.45. The summed E-state index contributed by atoms with van der Waals surface area (Å²) in [6.45, 7) is 0. The molecule has 0 aliphatic carbocycles. The van der Waals surface area contributed by atoms with Crippen molar-refractivity contribution in [3.63, 3.8) is 0 Å². The lowest BCUT2D eigenvalue weighted by Crippen LogP contribution is -2.20. The topological polar surface area (TPSA) is 65.3 Å². The summed E-state index contributed by atoms with van der Waals surface area (Å²) < 4.78 is 10.8. The van der Waals surface area contributed by atoms with Crippen LogP contribution in [0.1, 0.15) is 39.6 Å². The second-order valence-corrected chi connectivity index (χ2v) is 9.05. The smallest absolute Gasteiger partial charge is 0.259 e. The number of halogens is 1. The second-order valence-electron chi connectivity index (χ2n) is 8.49. The van der Waals surface area contributed by atoms with Crippen molar-refractivity contribution in [3.05, 3.63) is 59.7 Å². The van der Waals surface area contributed by atoms with Crippen LogP contribution in [0.5, 0.6) is 0 Å². The standard InChI is InChI=1S/C24H14ClN3O3/c25-12-9-15-27-13-7-3-1-5-10(13)16-18-19(23(30)26-22(18)29)17-11-6-2-4-8-14(11)28(24(12)31-15)21(17)20(16)27/h1-8,12,15,24H,9H2,(H,26,29,30)/t12-,15-,24+/m1/s1. The number of carbonyl (C=O) groups excluding carboxylic acids is 2. The van der Waals surface area contributed by atoms with Crippen molar-refractivity contribution >= 4 is 67.0 Å². The summed E-state index contributed by atoms with van der Waals surface area (Å²) in [5, 5.41) is 5.81. The highest BCUT2D eigenvalue weighted by molar-refractivity contribution is 6.39. The first-order valence-electron chi connectivity index (χ1n) is 10.3. The maximum absolute atomic E-state index is 13.1. The number of carbonyl (C=O) groups is 2. The summed E-state index contributed by atoms with van der Waals surface area (Å²) in [6, 6.07) is 16.0. The van der Waals surface area contributed by atoms with E-state index >= 15 is 0 Å². The van der Waals surface area contributed by atoms with Gasteiger partial charge in [0, 0.05) is 28.0 Å². The van der Waals surface area contributed by atoms with E-state index in [1.54, 1.807) is 0 Å². The Bertz CT molecular complexity index is 1700. The minimum absolute atomic E-state index is 0.211. The largest absolute Gasteiger partial charge is 0.333 e. The summed E-state index contributed by atoms with van der Waals surface area (Å²) in [6.07, 6.45) is 0.0689. The molecule has 7 heteroatoms. The van der Waals surface area contributed by atoms with Crippen LogP contribution in [-0.2, 0) is 4.74 Å². The predicted octanol–water partition coefficient (Wildman–Crippen LogP) is 4.82. The van der Waals surface area contributed by atoms with Crippen LogP contribution in [0.25, 0.3) is 43.6 Å². The molecule has 1 N–H and O–H groups in total. The molecule has 2 amide bonds. The Labute approximate surface area is 179 Å². The molecule has 1 fully saturated rings. The lowest BCUT2D eigenvalue weighted by Gasteiger charge is -2.17. The first kappa shape index (κ1) is 16.4. The molecule has 0 unspecified atom stereocenters. The van der Waals surface area contributed by atoms with Crippen molar-refractivity contribution in [1.82, 2.24) is 14.5 Å². The number of benzene rings is 3. The molecular weight excluding hydrogens is 414 g/mol. The maximum atomic E-state index is 13.1. The molecule has 2 bridgehead atoms. The van der Waals surface area contributed by atoms with Gasteiger partial charge in [-0.05, 0) is 12.1 Å². The molecule has 3 aromatic carbocycles. The Balaban J connectivity index is 1.81. The van der Waals surface area contributed by atoms with Gasteiger partial charge in [-0.15, -0.1) is 11.6 Å². The molecule has 3 aliphatic heterocycles. The van der Waals surface area contributed by atoms with Crippen LogP contribution in [0.2, 0.25) is 0 Å². The minimum Gasteiger partial charge on any atom is -0.333 e. The summed E-state index contributed by atoms with van der Waals surface area (Å²) in [7, 11) is 0. The zero-order valence-electron chi connectivity index (χ0n) is 16.1. The molecule has 5 heterocycles. The van der Waals surface area contributed by atoms with Crippen LogP contribution in [0.4, 0.5) is 0 Å². The number of hydrogen-bond acceptors (Lipinski definition) is 3. The first-order chi connectivity index (χ1) is 15.1. The fraction of sp³-hybridized carbons (Fsp3) is 0.167. The third kappa shape index (κ3) is 1.66. The van der Waals surface area contributed by atoms with Gasteiger partial charge < -0.3 is 13.9 Å². The van der Waals surface area contributed by atoms with Crippen molar-refractivity contribution in [2.45, 2.75) is 24.3 Å². The number of amides is 2. The van der Waals surface area contributed by atoms with Gasteiger partial charge in [0.15, 0.2) is 6.23 Å². The maximum Gasteiger partial charge on any atom is 0.259 e. The Morgan fingerprint density at radius 1 is 0.839 bits per heavy atom. The zero-order chi connectivity index (χ0) is 20.6. The number of para-hydroxylation sites is 2. The van der Waals surface area contributed by atoms with Crippen LogP contribution in [0.15, 0.2) is 48.5 Å². The number of alkyl halides is 1. The van der Waals surface area contributed by atoms with E-state index in [2.05, 4.69) is 14.5 Å². The van der Waals surface area contributed by atoms with Crippen LogP contribution < -0.4 is 5.32 Å². The first-order valence-corrected chi connectivity index (χ1v) is 10.7. The summed E-state index contributed by atoms with van der Waals surface area (Å²) >= 11 is 6.82. The molecule has 31 heavy (non-hydrogen) atoms. The molecule has 150 valence electrons. The molecular formula is C24H14ClN3O3. The van der Waals surface area contributed by atoms with E-state index in [0.717, 1.165) is 43.6 Å². The van der Waals surface area contributed by atoms with Crippen molar-refractivity contribution < 1.29 is 14.3 Å². The zero-order valence-corrected chi connectivity index (χ0v) is 16.8. The molecule has 3 aliphatic rings. The number of fused-ring (bicyclic) bond motifs is 13. The molecule has 0 saturated carbocycles. The van der Waals surface area contributed by atoms with E-state index in [-0.39, 0.29) is 29.6 Å². The molecule has 1 saturated heterocycles. The Kier molecular flexibility index (Phi) is 2.69. The van der Waals surface area contributed by atoms with Gasteiger partial charge in [0.25, 0.3) is 11.8 Å². The predicted molar refractivity (Wildman–Crippen MR) is 118 cm³/mol. The van der Waals surface area contributed by atoms with E-state index < -0.39 is 0 Å². The van der Waals surface area contributed by atoms with Gasteiger partial charge >= 0.3 is 0 Å². The SMILES string of the molecule is O=C1NC(=O)c2c1c1c3ccccc3n3c1c1c2c2ccccc2n1[C@H]1O[C@@H]3C[C@H]1Cl. The van der Waals surface area contributed by atoms with Crippen molar-refractivity contribution in [2.75, 3.05) is 0 Å². The van der Waals surface area contributed by atoms with Crippen molar-refractivity contribution in [1.29, 1.82) is 0 Å². The molecule has 0 spiro atoms. The minimum atomic E-state index is -0.353. The molecule has 2 aromatic heterocycles. The molecule has 5 aromatic rings. The summed E-state index contributed by atoms with van der Waals surface area (Å²) in [5.74, 6) is -0.688. The number of aromatic nitrogens is 2. The van der Waals surface area contributed by atoms with Crippen molar-refractivity contribution in [3.8, 4) is 0 Å². The molecule has 3 atom stereocenters. The van der Waals surface area contributed by atoms with Gasteiger partial charge in [-0.3, -0.25) is 14.9 Å². The van der Waals surface area contributed by atoms with Crippen LogP contribution in [-0.4, -0.2) is 26.3 Å². The monoisotopic (exact) mass is 427 g/mol. The Hall–Kier alpha value is -3.35. The number of hydrogen-bond donors (Lipinski definition) is 1. The molecule has 6 nitrogen and oxygen atoms in total. The fourth-order valence-electron chi connectivity index (χ4n) is 5.99. The number of ether oxygens (including phenoxy) is 1. The lowest BCUT2D eigenvalue weighted by molar-refractivity contribution is -0.0221. The van der Waals surface area contributed by atoms with Crippen LogP contribution in [0.3, 0.4) is 0 Å². The van der Waals surface area contributed by atoms with Gasteiger partial charge in [0.1, 0.15) is 6.23 Å². The quantitative estimate of drug-likeness (QED) is 0.284. The average molecular weight is 428 g/mol. The number of nitrogens with one attached hydrogen (secondary N) is 1.